The Hall–Kier alpha value is -2.54. The number of benzene rings is 1. The number of nitrogens with one attached hydrogen (secondary N) is 1. The molecular weight excluding hydrogens is 346 g/mol. The largest absolute Gasteiger partial charge is 0.496 e. The Morgan fingerprint density at radius 2 is 1.85 bits per heavy atom. The summed E-state index contributed by atoms with van der Waals surface area (Å²) < 4.78 is 16.4. The van der Waals surface area contributed by atoms with Crippen LogP contribution in [0.5, 0.6) is 17.2 Å². The van der Waals surface area contributed by atoms with Crippen molar-refractivity contribution in [2.45, 2.75) is 39.3 Å². The van der Waals surface area contributed by atoms with Crippen molar-refractivity contribution in [2.24, 2.45) is 0 Å². The minimum atomic E-state index is 0.00251. The second-order valence-corrected chi connectivity index (χ2v) is 6.66. The van der Waals surface area contributed by atoms with E-state index in [0.717, 1.165) is 53.5 Å². The van der Waals surface area contributed by atoms with Crippen molar-refractivity contribution in [2.75, 3.05) is 27.9 Å². The summed E-state index contributed by atoms with van der Waals surface area (Å²) in [6.45, 7) is 4.14. The molecule has 7 heteroatoms. The first kappa shape index (κ1) is 19.2. The van der Waals surface area contributed by atoms with Crippen LogP contribution in [0.25, 0.3) is 0 Å². The molecule has 2 aromatic rings. The number of ether oxygens (including phenoxy) is 3. The number of hydrogen-bond donors (Lipinski definition) is 1. The van der Waals surface area contributed by atoms with Gasteiger partial charge in [-0.1, -0.05) is 6.92 Å². The highest BCUT2D eigenvalue weighted by molar-refractivity contribution is 5.50. The van der Waals surface area contributed by atoms with E-state index in [-0.39, 0.29) is 5.56 Å². The van der Waals surface area contributed by atoms with Crippen molar-refractivity contribution in [1.82, 2.24) is 14.9 Å². The normalized spacial score (nSPS) is 13.9. The van der Waals surface area contributed by atoms with E-state index in [1.54, 1.807) is 21.3 Å². The van der Waals surface area contributed by atoms with Gasteiger partial charge in [-0.15, -0.1) is 0 Å². The monoisotopic (exact) mass is 373 g/mol. The number of methoxy groups -OCH3 is 3. The van der Waals surface area contributed by atoms with Crippen LogP contribution in [0.1, 0.15) is 36.0 Å². The molecule has 0 saturated heterocycles. The van der Waals surface area contributed by atoms with Crippen LogP contribution in [0.15, 0.2) is 16.9 Å². The van der Waals surface area contributed by atoms with E-state index in [1.807, 2.05) is 12.1 Å². The molecule has 1 N–H and O–H groups in total. The lowest BCUT2D eigenvalue weighted by molar-refractivity contribution is 0.232. The van der Waals surface area contributed by atoms with E-state index in [2.05, 4.69) is 21.8 Å². The SMILES string of the molecule is CCCc1nc2c(c(=O)[nH]1)CCN(Cc1c(OC)cc(OC)cc1OC)C2. The topological polar surface area (TPSA) is 76.7 Å². The Bertz CT molecular complexity index is 838. The van der Waals surface area contributed by atoms with Crippen molar-refractivity contribution in [1.29, 1.82) is 0 Å². The van der Waals surface area contributed by atoms with Gasteiger partial charge in [-0.2, -0.15) is 0 Å². The molecule has 0 unspecified atom stereocenters. The van der Waals surface area contributed by atoms with Crippen molar-refractivity contribution in [3.63, 3.8) is 0 Å². The van der Waals surface area contributed by atoms with Crippen LogP contribution in [-0.4, -0.2) is 42.7 Å². The second kappa shape index (κ2) is 8.43. The molecule has 1 aliphatic heterocycles. The maximum atomic E-state index is 12.3. The summed E-state index contributed by atoms with van der Waals surface area (Å²) in [5.74, 6) is 2.90. The quantitative estimate of drug-likeness (QED) is 0.803. The number of nitrogens with zero attached hydrogens (tertiary/aromatic N) is 2. The number of H-pyrrole nitrogens is 1. The van der Waals surface area contributed by atoms with Crippen LogP contribution < -0.4 is 19.8 Å². The minimum absolute atomic E-state index is 0.00251. The number of aromatic amines is 1. The molecule has 0 saturated carbocycles. The van der Waals surface area contributed by atoms with E-state index in [9.17, 15) is 4.79 Å². The van der Waals surface area contributed by atoms with Gasteiger partial charge in [0.05, 0.1) is 32.6 Å². The first-order chi connectivity index (χ1) is 13.1. The van der Waals surface area contributed by atoms with E-state index >= 15 is 0 Å². The van der Waals surface area contributed by atoms with Crippen LogP contribution in [-0.2, 0) is 25.9 Å². The van der Waals surface area contributed by atoms with Gasteiger partial charge in [0, 0.05) is 43.8 Å². The van der Waals surface area contributed by atoms with Gasteiger partial charge in [-0.05, 0) is 12.8 Å². The molecule has 0 atom stereocenters. The maximum Gasteiger partial charge on any atom is 0.254 e. The van der Waals surface area contributed by atoms with E-state index in [4.69, 9.17) is 14.2 Å². The zero-order chi connectivity index (χ0) is 19.4. The Kier molecular flexibility index (Phi) is 6.01. The van der Waals surface area contributed by atoms with E-state index < -0.39 is 0 Å². The van der Waals surface area contributed by atoms with Crippen molar-refractivity contribution in [3.8, 4) is 17.2 Å². The first-order valence-corrected chi connectivity index (χ1v) is 9.21. The number of fused-ring (bicyclic) bond motifs is 1. The Labute approximate surface area is 159 Å². The molecule has 3 rings (SSSR count). The van der Waals surface area contributed by atoms with Gasteiger partial charge in [0.25, 0.3) is 5.56 Å². The zero-order valence-corrected chi connectivity index (χ0v) is 16.4. The van der Waals surface area contributed by atoms with Crippen LogP contribution in [0.3, 0.4) is 0 Å². The second-order valence-electron chi connectivity index (χ2n) is 6.66. The highest BCUT2D eigenvalue weighted by Crippen LogP contribution is 2.35. The van der Waals surface area contributed by atoms with Crippen LogP contribution in [0, 0.1) is 0 Å². The summed E-state index contributed by atoms with van der Waals surface area (Å²) in [6.07, 6.45) is 2.42. The average Bonchev–Trinajstić information content (AvgIpc) is 2.68. The fourth-order valence-electron chi connectivity index (χ4n) is 3.49. The highest BCUT2D eigenvalue weighted by Gasteiger charge is 2.23. The molecule has 0 radical (unpaired) electrons. The number of aryl methyl sites for hydroxylation is 1. The smallest absolute Gasteiger partial charge is 0.254 e. The molecular formula is C20H27N3O4. The van der Waals surface area contributed by atoms with Crippen LogP contribution in [0.4, 0.5) is 0 Å². The molecule has 0 fully saturated rings. The van der Waals surface area contributed by atoms with Gasteiger partial charge in [0.15, 0.2) is 0 Å². The molecule has 146 valence electrons. The number of hydrogen-bond acceptors (Lipinski definition) is 6. The molecule has 0 spiro atoms. The molecule has 0 amide bonds. The first-order valence-electron chi connectivity index (χ1n) is 9.21. The van der Waals surface area contributed by atoms with Crippen molar-refractivity contribution < 1.29 is 14.2 Å². The third-order valence-corrected chi connectivity index (χ3v) is 4.89. The van der Waals surface area contributed by atoms with E-state index in [1.165, 1.54) is 0 Å². The van der Waals surface area contributed by atoms with Gasteiger partial charge in [-0.25, -0.2) is 4.98 Å². The van der Waals surface area contributed by atoms with Crippen LogP contribution >= 0.6 is 0 Å². The molecule has 0 aliphatic carbocycles. The molecule has 1 aromatic carbocycles. The predicted molar refractivity (Wildman–Crippen MR) is 103 cm³/mol. The summed E-state index contributed by atoms with van der Waals surface area (Å²) in [6, 6.07) is 3.72. The molecule has 1 aromatic heterocycles. The van der Waals surface area contributed by atoms with Crippen molar-refractivity contribution >= 4 is 0 Å². The maximum absolute atomic E-state index is 12.3. The highest BCUT2D eigenvalue weighted by atomic mass is 16.5. The third-order valence-electron chi connectivity index (χ3n) is 4.89. The van der Waals surface area contributed by atoms with Gasteiger partial charge < -0.3 is 19.2 Å². The lowest BCUT2D eigenvalue weighted by atomic mass is 10.0. The summed E-state index contributed by atoms with van der Waals surface area (Å²) in [5.41, 5.74) is 2.64. The lowest BCUT2D eigenvalue weighted by Gasteiger charge is -2.29. The Balaban J connectivity index is 1.87. The standard InChI is InChI=1S/C20H27N3O4/c1-5-6-19-21-16-12-23(8-7-14(16)20(24)22-19)11-15-17(26-3)9-13(25-2)10-18(15)27-4/h9-10H,5-8,11-12H2,1-4H3,(H,21,22,24). The van der Waals surface area contributed by atoms with E-state index in [0.29, 0.717) is 25.3 Å². The fraction of sp³-hybridized carbons (Fsp3) is 0.500. The molecule has 0 bridgehead atoms. The minimum Gasteiger partial charge on any atom is -0.496 e. The van der Waals surface area contributed by atoms with Crippen molar-refractivity contribution in [3.05, 3.63) is 45.1 Å². The predicted octanol–water partition coefficient (Wildman–Crippen LogP) is 2.31. The molecule has 27 heavy (non-hydrogen) atoms. The summed E-state index contributed by atoms with van der Waals surface area (Å²) in [5, 5.41) is 0. The molecule has 7 nitrogen and oxygen atoms in total. The van der Waals surface area contributed by atoms with Gasteiger partial charge >= 0.3 is 0 Å². The number of rotatable bonds is 7. The lowest BCUT2D eigenvalue weighted by Crippen LogP contribution is -2.35. The van der Waals surface area contributed by atoms with Gasteiger partial charge in [0.2, 0.25) is 0 Å². The van der Waals surface area contributed by atoms with Crippen LogP contribution in [0.2, 0.25) is 0 Å². The Morgan fingerprint density at radius 1 is 1.15 bits per heavy atom. The third kappa shape index (κ3) is 4.08. The summed E-state index contributed by atoms with van der Waals surface area (Å²) >= 11 is 0. The molecule has 2 heterocycles. The summed E-state index contributed by atoms with van der Waals surface area (Å²) in [7, 11) is 4.90. The molecule has 1 aliphatic rings. The zero-order valence-electron chi connectivity index (χ0n) is 16.4. The fourth-order valence-corrected chi connectivity index (χ4v) is 3.49. The van der Waals surface area contributed by atoms with Gasteiger partial charge in [-0.3, -0.25) is 9.69 Å². The van der Waals surface area contributed by atoms with Gasteiger partial charge in [0.1, 0.15) is 23.1 Å². The Morgan fingerprint density at radius 3 is 2.44 bits per heavy atom. The number of aromatic nitrogens is 2. The summed E-state index contributed by atoms with van der Waals surface area (Å²) in [4.78, 5) is 22.2. The average molecular weight is 373 g/mol.